The van der Waals surface area contributed by atoms with Crippen LogP contribution in [0.3, 0.4) is 0 Å². The van der Waals surface area contributed by atoms with Gasteiger partial charge in [0.05, 0.1) is 11.8 Å². The quantitative estimate of drug-likeness (QED) is 0.600. The Bertz CT molecular complexity index is 677. The number of carbonyl (C=O) groups is 1. The molecule has 1 amide bonds. The zero-order valence-electron chi connectivity index (χ0n) is 11.1. The van der Waals surface area contributed by atoms with Crippen molar-refractivity contribution in [2.24, 2.45) is 5.10 Å². The average Bonchev–Trinajstić information content (AvgIpc) is 2.71. The number of aryl methyl sites for hydroxylation is 2. The standard InChI is InChI=1S/C14H14ClN3O2/c1-8-5-10(9(2)17-8)7-16-18-14(20)12-6-11(15)3-4-13(12)19/h3-7,17,19H,1-2H3,(H,18,20)/b16-7+. The van der Waals surface area contributed by atoms with Crippen molar-refractivity contribution in [1.82, 2.24) is 10.4 Å². The molecule has 104 valence electrons. The Labute approximate surface area is 121 Å². The molecule has 0 spiro atoms. The summed E-state index contributed by atoms with van der Waals surface area (Å²) in [6.45, 7) is 3.85. The Morgan fingerprint density at radius 3 is 2.80 bits per heavy atom. The van der Waals surface area contributed by atoms with E-state index >= 15 is 0 Å². The van der Waals surface area contributed by atoms with Crippen LogP contribution < -0.4 is 5.43 Å². The van der Waals surface area contributed by atoms with Crippen LogP contribution in [-0.2, 0) is 0 Å². The van der Waals surface area contributed by atoms with Gasteiger partial charge in [0.15, 0.2) is 0 Å². The number of aromatic hydroxyl groups is 1. The van der Waals surface area contributed by atoms with E-state index in [4.69, 9.17) is 11.6 Å². The summed E-state index contributed by atoms with van der Waals surface area (Å²) in [5.41, 5.74) is 5.30. The van der Waals surface area contributed by atoms with Crippen molar-refractivity contribution in [2.45, 2.75) is 13.8 Å². The van der Waals surface area contributed by atoms with Crippen LogP contribution in [-0.4, -0.2) is 22.2 Å². The molecule has 1 heterocycles. The molecular weight excluding hydrogens is 278 g/mol. The number of H-pyrrole nitrogens is 1. The number of rotatable bonds is 3. The first-order chi connectivity index (χ1) is 9.47. The van der Waals surface area contributed by atoms with E-state index in [1.54, 1.807) is 6.21 Å². The molecule has 0 saturated carbocycles. The molecule has 0 atom stereocenters. The molecule has 0 aliphatic rings. The highest BCUT2D eigenvalue weighted by Gasteiger charge is 2.10. The number of halogens is 1. The van der Waals surface area contributed by atoms with E-state index in [1.165, 1.54) is 18.2 Å². The van der Waals surface area contributed by atoms with Crippen molar-refractivity contribution in [3.63, 3.8) is 0 Å². The second-order valence-electron chi connectivity index (χ2n) is 4.39. The normalized spacial score (nSPS) is 10.9. The van der Waals surface area contributed by atoms with Gasteiger partial charge in [0.2, 0.25) is 0 Å². The molecule has 0 bridgehead atoms. The number of aromatic nitrogens is 1. The number of hydrogen-bond donors (Lipinski definition) is 3. The van der Waals surface area contributed by atoms with Crippen LogP contribution >= 0.6 is 11.6 Å². The van der Waals surface area contributed by atoms with Gasteiger partial charge in [0.1, 0.15) is 5.75 Å². The molecule has 20 heavy (non-hydrogen) atoms. The minimum atomic E-state index is -0.522. The van der Waals surface area contributed by atoms with E-state index in [2.05, 4.69) is 15.5 Å². The fourth-order valence-corrected chi connectivity index (χ4v) is 1.96. The summed E-state index contributed by atoms with van der Waals surface area (Å²) in [6, 6.07) is 6.17. The fraction of sp³-hybridized carbons (Fsp3) is 0.143. The first-order valence-electron chi connectivity index (χ1n) is 5.95. The van der Waals surface area contributed by atoms with Gasteiger partial charge in [-0.25, -0.2) is 5.43 Å². The van der Waals surface area contributed by atoms with E-state index in [9.17, 15) is 9.90 Å². The van der Waals surface area contributed by atoms with Gasteiger partial charge in [-0.05, 0) is 38.1 Å². The summed E-state index contributed by atoms with van der Waals surface area (Å²) in [5.74, 6) is -0.665. The molecule has 3 N–H and O–H groups in total. The van der Waals surface area contributed by atoms with Crippen LogP contribution in [0.2, 0.25) is 5.02 Å². The van der Waals surface area contributed by atoms with Gasteiger partial charge >= 0.3 is 0 Å². The number of hydrogen-bond acceptors (Lipinski definition) is 3. The van der Waals surface area contributed by atoms with Crippen molar-refractivity contribution in [1.29, 1.82) is 0 Å². The second kappa shape index (κ2) is 5.79. The highest BCUT2D eigenvalue weighted by molar-refractivity contribution is 6.31. The van der Waals surface area contributed by atoms with E-state index in [1.807, 2.05) is 19.9 Å². The smallest absolute Gasteiger partial charge is 0.275 e. The number of phenols is 1. The molecule has 2 rings (SSSR count). The van der Waals surface area contributed by atoms with E-state index in [-0.39, 0.29) is 11.3 Å². The molecular formula is C14H14ClN3O2. The number of nitrogens with zero attached hydrogens (tertiary/aromatic N) is 1. The lowest BCUT2D eigenvalue weighted by molar-refractivity contribution is 0.0952. The molecule has 2 aromatic rings. The average molecular weight is 292 g/mol. The lowest BCUT2D eigenvalue weighted by Gasteiger charge is -2.03. The topological polar surface area (TPSA) is 77.5 Å². The molecule has 0 fully saturated rings. The zero-order chi connectivity index (χ0) is 14.7. The zero-order valence-corrected chi connectivity index (χ0v) is 11.8. The maximum Gasteiger partial charge on any atom is 0.275 e. The van der Waals surface area contributed by atoms with Gasteiger partial charge in [-0.2, -0.15) is 5.10 Å². The minimum absolute atomic E-state index is 0.0802. The third-order valence-electron chi connectivity index (χ3n) is 2.76. The van der Waals surface area contributed by atoms with Crippen molar-refractivity contribution in [2.75, 3.05) is 0 Å². The molecule has 0 aliphatic heterocycles. The molecule has 0 radical (unpaired) electrons. The molecule has 1 aromatic heterocycles. The number of hydrazone groups is 1. The van der Waals surface area contributed by atoms with Gasteiger partial charge < -0.3 is 10.1 Å². The number of nitrogens with one attached hydrogen (secondary N) is 2. The predicted molar refractivity (Wildman–Crippen MR) is 78.4 cm³/mol. The number of phenolic OH excluding ortho intramolecular Hbond substituents is 1. The van der Waals surface area contributed by atoms with Crippen molar-refractivity contribution >= 4 is 23.7 Å². The lowest BCUT2D eigenvalue weighted by Crippen LogP contribution is -2.17. The van der Waals surface area contributed by atoms with Crippen LogP contribution in [0, 0.1) is 13.8 Å². The van der Waals surface area contributed by atoms with E-state index < -0.39 is 5.91 Å². The summed E-state index contributed by atoms with van der Waals surface area (Å²) in [5, 5.41) is 13.8. The fourth-order valence-electron chi connectivity index (χ4n) is 1.79. The summed E-state index contributed by atoms with van der Waals surface area (Å²) in [6.07, 6.45) is 1.54. The van der Waals surface area contributed by atoms with Gasteiger partial charge in [0.25, 0.3) is 5.91 Å². The third kappa shape index (κ3) is 3.19. The SMILES string of the molecule is Cc1cc(/C=N/NC(=O)c2cc(Cl)ccc2O)c(C)[nH]1. The summed E-state index contributed by atoms with van der Waals surface area (Å²) in [7, 11) is 0. The number of carbonyl (C=O) groups excluding carboxylic acids is 1. The van der Waals surface area contributed by atoms with Crippen molar-refractivity contribution < 1.29 is 9.90 Å². The van der Waals surface area contributed by atoms with E-state index in [0.29, 0.717) is 5.02 Å². The Hall–Kier alpha value is -2.27. The maximum atomic E-state index is 11.8. The summed E-state index contributed by atoms with van der Waals surface area (Å²) >= 11 is 5.78. The van der Waals surface area contributed by atoms with Crippen molar-refractivity contribution in [3.8, 4) is 5.75 Å². The maximum absolute atomic E-state index is 11.8. The summed E-state index contributed by atoms with van der Waals surface area (Å²) < 4.78 is 0. The van der Waals surface area contributed by atoms with Crippen molar-refractivity contribution in [3.05, 3.63) is 51.8 Å². The molecule has 5 nitrogen and oxygen atoms in total. The number of benzene rings is 1. The molecule has 0 aliphatic carbocycles. The molecule has 0 unspecified atom stereocenters. The first kappa shape index (κ1) is 14.1. The molecule has 6 heteroatoms. The Balaban J connectivity index is 2.09. The lowest BCUT2D eigenvalue weighted by atomic mass is 10.2. The monoisotopic (exact) mass is 291 g/mol. The van der Waals surface area contributed by atoms with Gasteiger partial charge in [-0.1, -0.05) is 11.6 Å². The second-order valence-corrected chi connectivity index (χ2v) is 4.83. The largest absolute Gasteiger partial charge is 0.507 e. The van der Waals surface area contributed by atoms with Crippen LogP contribution in [0.15, 0.2) is 29.4 Å². The number of aromatic amines is 1. The number of amides is 1. The molecule has 1 aromatic carbocycles. The van der Waals surface area contributed by atoms with Crippen LogP contribution in [0.4, 0.5) is 0 Å². The third-order valence-corrected chi connectivity index (χ3v) is 3.00. The Kier molecular flexibility index (Phi) is 4.10. The van der Waals surface area contributed by atoms with Gasteiger partial charge in [-0.15, -0.1) is 0 Å². The van der Waals surface area contributed by atoms with Gasteiger partial charge in [-0.3, -0.25) is 4.79 Å². The van der Waals surface area contributed by atoms with Crippen LogP contribution in [0.5, 0.6) is 5.75 Å². The predicted octanol–water partition coefficient (Wildman–Crippen LogP) is 2.75. The minimum Gasteiger partial charge on any atom is -0.507 e. The van der Waals surface area contributed by atoms with E-state index in [0.717, 1.165) is 17.0 Å². The highest BCUT2D eigenvalue weighted by Crippen LogP contribution is 2.21. The first-order valence-corrected chi connectivity index (χ1v) is 6.33. The Morgan fingerprint density at radius 2 is 2.15 bits per heavy atom. The Morgan fingerprint density at radius 1 is 1.40 bits per heavy atom. The van der Waals surface area contributed by atoms with Crippen LogP contribution in [0.25, 0.3) is 0 Å². The summed E-state index contributed by atoms with van der Waals surface area (Å²) in [4.78, 5) is 15.0. The van der Waals surface area contributed by atoms with Crippen LogP contribution in [0.1, 0.15) is 27.3 Å². The van der Waals surface area contributed by atoms with Gasteiger partial charge in [0, 0.05) is 22.0 Å². The molecule has 0 saturated heterocycles. The highest BCUT2D eigenvalue weighted by atomic mass is 35.5.